The lowest BCUT2D eigenvalue weighted by molar-refractivity contribution is 0.300. The average Bonchev–Trinajstić information content (AvgIpc) is 2.38. The molecular formula is C15H18N2O. The zero-order valence-electron chi connectivity index (χ0n) is 10.8. The van der Waals surface area contributed by atoms with Gasteiger partial charge in [0.15, 0.2) is 0 Å². The number of ether oxygens (including phenoxy) is 1. The molecule has 0 fully saturated rings. The van der Waals surface area contributed by atoms with Crippen LogP contribution < -0.4 is 10.5 Å². The number of hydrogen-bond donors (Lipinski definition) is 1. The Hall–Kier alpha value is -1.87. The summed E-state index contributed by atoms with van der Waals surface area (Å²) in [7, 11) is 0. The van der Waals surface area contributed by atoms with E-state index in [1.54, 1.807) is 6.20 Å². The van der Waals surface area contributed by atoms with E-state index in [4.69, 9.17) is 10.5 Å². The molecule has 0 radical (unpaired) electrons. The molecule has 0 amide bonds. The van der Waals surface area contributed by atoms with Crippen LogP contribution in [0.3, 0.4) is 0 Å². The minimum Gasteiger partial charge on any atom is -0.487 e. The molecule has 2 N–H and O–H groups in total. The molecule has 0 aliphatic carbocycles. The Labute approximate surface area is 108 Å². The zero-order valence-corrected chi connectivity index (χ0v) is 10.8. The van der Waals surface area contributed by atoms with Crippen molar-refractivity contribution in [3.05, 3.63) is 59.4 Å². The van der Waals surface area contributed by atoms with Gasteiger partial charge in [0.25, 0.3) is 0 Å². The normalized spacial score (nSPS) is 12.2. The summed E-state index contributed by atoms with van der Waals surface area (Å²) in [6.45, 7) is 4.49. The van der Waals surface area contributed by atoms with Gasteiger partial charge in [-0.25, -0.2) is 0 Å². The average molecular weight is 242 g/mol. The van der Waals surface area contributed by atoms with Gasteiger partial charge in [-0.05, 0) is 43.2 Å². The fourth-order valence-corrected chi connectivity index (χ4v) is 1.69. The molecule has 3 heteroatoms. The van der Waals surface area contributed by atoms with Gasteiger partial charge in [0.05, 0.1) is 5.69 Å². The molecule has 0 spiro atoms. The van der Waals surface area contributed by atoms with E-state index in [0.717, 1.165) is 22.6 Å². The van der Waals surface area contributed by atoms with E-state index in [1.807, 2.05) is 50.2 Å². The fraction of sp³-hybridized carbons (Fsp3) is 0.267. The van der Waals surface area contributed by atoms with Crippen LogP contribution in [0.1, 0.15) is 29.8 Å². The molecule has 1 heterocycles. The first-order valence-electron chi connectivity index (χ1n) is 6.05. The monoisotopic (exact) mass is 242 g/mol. The minimum atomic E-state index is 0.0529. The number of hydrogen-bond acceptors (Lipinski definition) is 3. The van der Waals surface area contributed by atoms with Crippen molar-refractivity contribution in [2.24, 2.45) is 5.73 Å². The van der Waals surface area contributed by atoms with Crippen molar-refractivity contribution < 1.29 is 4.74 Å². The second-order valence-corrected chi connectivity index (χ2v) is 4.41. The Morgan fingerprint density at radius 1 is 1.22 bits per heavy atom. The number of nitrogens with two attached hydrogens (primary N) is 1. The lowest BCUT2D eigenvalue weighted by atomic mass is 10.1. The number of rotatable bonds is 4. The van der Waals surface area contributed by atoms with Crippen LogP contribution >= 0.6 is 0 Å². The van der Waals surface area contributed by atoms with Gasteiger partial charge in [0, 0.05) is 12.2 Å². The minimum absolute atomic E-state index is 0.0529. The first-order valence-corrected chi connectivity index (χ1v) is 6.05. The summed E-state index contributed by atoms with van der Waals surface area (Å²) < 4.78 is 5.70. The largest absolute Gasteiger partial charge is 0.487 e. The first-order chi connectivity index (χ1) is 8.66. The molecule has 3 nitrogen and oxygen atoms in total. The molecule has 0 saturated carbocycles. The maximum Gasteiger partial charge on any atom is 0.130 e. The third kappa shape index (κ3) is 3.08. The van der Waals surface area contributed by atoms with Crippen LogP contribution in [0.2, 0.25) is 0 Å². The van der Waals surface area contributed by atoms with Crippen LogP contribution in [-0.4, -0.2) is 4.98 Å². The highest BCUT2D eigenvalue weighted by Gasteiger charge is 2.02. The summed E-state index contributed by atoms with van der Waals surface area (Å²) in [5.41, 5.74) is 9.02. The Kier molecular flexibility index (Phi) is 3.95. The molecule has 2 aromatic rings. The molecule has 2 rings (SSSR count). The van der Waals surface area contributed by atoms with Crippen molar-refractivity contribution in [2.45, 2.75) is 26.5 Å². The maximum atomic E-state index is 5.80. The smallest absolute Gasteiger partial charge is 0.130 e. The Bertz CT molecular complexity index is 506. The highest BCUT2D eigenvalue weighted by molar-refractivity contribution is 5.29. The SMILES string of the molecule is Cc1cccnc1COc1ccc(C(C)N)cc1. The molecule has 0 aliphatic rings. The highest BCUT2D eigenvalue weighted by atomic mass is 16.5. The van der Waals surface area contributed by atoms with Crippen molar-refractivity contribution in [3.8, 4) is 5.75 Å². The molecule has 1 atom stereocenters. The van der Waals surface area contributed by atoms with Gasteiger partial charge in [0.1, 0.15) is 12.4 Å². The third-order valence-electron chi connectivity index (χ3n) is 2.90. The second-order valence-electron chi connectivity index (χ2n) is 4.41. The standard InChI is InChI=1S/C15H18N2O/c1-11-4-3-9-17-15(11)10-18-14-7-5-13(6-8-14)12(2)16/h3-9,12H,10,16H2,1-2H3. The number of aromatic nitrogens is 1. The van der Waals surface area contributed by atoms with Crippen molar-refractivity contribution in [1.82, 2.24) is 4.98 Å². The molecule has 1 aromatic heterocycles. The van der Waals surface area contributed by atoms with E-state index in [0.29, 0.717) is 6.61 Å². The molecule has 94 valence electrons. The van der Waals surface area contributed by atoms with E-state index in [2.05, 4.69) is 4.98 Å². The Balaban J connectivity index is 2.00. The van der Waals surface area contributed by atoms with Gasteiger partial charge in [-0.1, -0.05) is 18.2 Å². The number of nitrogens with zero attached hydrogens (tertiary/aromatic N) is 1. The summed E-state index contributed by atoms with van der Waals surface area (Å²) in [6, 6.07) is 11.9. The van der Waals surface area contributed by atoms with E-state index < -0.39 is 0 Å². The topological polar surface area (TPSA) is 48.1 Å². The summed E-state index contributed by atoms with van der Waals surface area (Å²) in [6.07, 6.45) is 1.78. The van der Waals surface area contributed by atoms with E-state index in [1.165, 1.54) is 0 Å². The van der Waals surface area contributed by atoms with E-state index in [-0.39, 0.29) is 6.04 Å². The molecule has 1 aromatic carbocycles. The molecular weight excluding hydrogens is 224 g/mol. The van der Waals surface area contributed by atoms with Gasteiger partial charge in [-0.2, -0.15) is 0 Å². The second kappa shape index (κ2) is 5.65. The van der Waals surface area contributed by atoms with Gasteiger partial charge >= 0.3 is 0 Å². The Morgan fingerprint density at radius 2 is 1.94 bits per heavy atom. The van der Waals surface area contributed by atoms with E-state index in [9.17, 15) is 0 Å². The first kappa shape index (κ1) is 12.6. The van der Waals surface area contributed by atoms with Crippen LogP contribution in [0.4, 0.5) is 0 Å². The third-order valence-corrected chi connectivity index (χ3v) is 2.90. The highest BCUT2D eigenvalue weighted by Crippen LogP contribution is 2.17. The summed E-state index contributed by atoms with van der Waals surface area (Å²) in [4.78, 5) is 4.29. The number of aryl methyl sites for hydroxylation is 1. The van der Waals surface area contributed by atoms with Crippen molar-refractivity contribution in [1.29, 1.82) is 0 Å². The lowest BCUT2D eigenvalue weighted by Crippen LogP contribution is -2.05. The maximum absolute atomic E-state index is 5.80. The summed E-state index contributed by atoms with van der Waals surface area (Å²) >= 11 is 0. The van der Waals surface area contributed by atoms with Crippen LogP contribution in [0.5, 0.6) is 5.75 Å². The fourth-order valence-electron chi connectivity index (χ4n) is 1.69. The van der Waals surface area contributed by atoms with Crippen LogP contribution in [-0.2, 0) is 6.61 Å². The van der Waals surface area contributed by atoms with Gasteiger partial charge < -0.3 is 10.5 Å². The van der Waals surface area contributed by atoms with Gasteiger partial charge in [0.2, 0.25) is 0 Å². The lowest BCUT2D eigenvalue weighted by Gasteiger charge is -2.09. The predicted octanol–water partition coefficient (Wildman–Crippen LogP) is 2.99. The molecule has 0 saturated heterocycles. The molecule has 18 heavy (non-hydrogen) atoms. The summed E-state index contributed by atoms with van der Waals surface area (Å²) in [5.74, 6) is 0.837. The zero-order chi connectivity index (χ0) is 13.0. The number of pyridine rings is 1. The quantitative estimate of drug-likeness (QED) is 0.896. The van der Waals surface area contributed by atoms with Crippen LogP contribution in [0, 0.1) is 6.92 Å². The molecule has 1 unspecified atom stereocenters. The van der Waals surface area contributed by atoms with E-state index >= 15 is 0 Å². The van der Waals surface area contributed by atoms with Gasteiger partial charge in [-0.3, -0.25) is 4.98 Å². The van der Waals surface area contributed by atoms with Crippen molar-refractivity contribution >= 4 is 0 Å². The van der Waals surface area contributed by atoms with Crippen LogP contribution in [0.15, 0.2) is 42.6 Å². The molecule has 0 aliphatic heterocycles. The molecule has 0 bridgehead atoms. The summed E-state index contributed by atoms with van der Waals surface area (Å²) in [5, 5.41) is 0. The van der Waals surface area contributed by atoms with Crippen LogP contribution in [0.25, 0.3) is 0 Å². The Morgan fingerprint density at radius 3 is 2.56 bits per heavy atom. The predicted molar refractivity (Wildman–Crippen MR) is 72.4 cm³/mol. The number of benzene rings is 1. The van der Waals surface area contributed by atoms with Crippen molar-refractivity contribution in [3.63, 3.8) is 0 Å². The van der Waals surface area contributed by atoms with Crippen molar-refractivity contribution in [2.75, 3.05) is 0 Å². The van der Waals surface area contributed by atoms with Gasteiger partial charge in [-0.15, -0.1) is 0 Å².